The molecule has 0 aliphatic heterocycles. The third kappa shape index (κ3) is 3.00. The van der Waals surface area contributed by atoms with Crippen LogP contribution in [-0.4, -0.2) is 33.1 Å². The summed E-state index contributed by atoms with van der Waals surface area (Å²) in [5, 5.41) is 0. The largest absolute Gasteiger partial charge is 0.497 e. The number of benzene rings is 1. The number of methoxy groups -OCH3 is 3. The van der Waals surface area contributed by atoms with Crippen LogP contribution < -0.4 is 9.47 Å². The molecule has 18 heavy (non-hydrogen) atoms. The molecule has 0 atom stereocenters. The van der Waals surface area contributed by atoms with Crippen LogP contribution in [0.1, 0.15) is 22.8 Å². The van der Waals surface area contributed by atoms with Gasteiger partial charge in [0.05, 0.1) is 21.3 Å². The van der Waals surface area contributed by atoms with Crippen molar-refractivity contribution in [1.82, 2.24) is 0 Å². The third-order valence-electron chi connectivity index (χ3n) is 2.44. The molecule has 0 amide bonds. The van der Waals surface area contributed by atoms with Gasteiger partial charge in [0.2, 0.25) is 0 Å². The Morgan fingerprint density at radius 2 is 1.78 bits per heavy atom. The molecule has 0 saturated carbocycles. The number of esters is 1. The van der Waals surface area contributed by atoms with E-state index in [1.54, 1.807) is 12.1 Å². The van der Waals surface area contributed by atoms with Crippen LogP contribution in [0.15, 0.2) is 12.1 Å². The highest BCUT2D eigenvalue weighted by Crippen LogP contribution is 2.29. The molecule has 1 rings (SSSR count). The second-order valence-corrected chi connectivity index (χ2v) is 3.73. The normalized spacial score (nSPS) is 9.78. The topological polar surface area (TPSA) is 61.8 Å². The number of carbonyl (C=O) groups is 2. The minimum absolute atomic E-state index is 0.0598. The van der Waals surface area contributed by atoms with Gasteiger partial charge in [0, 0.05) is 12.5 Å². The summed E-state index contributed by atoms with van der Waals surface area (Å²) in [6.45, 7) is 1.45. The van der Waals surface area contributed by atoms with Crippen molar-refractivity contribution in [3.05, 3.63) is 23.3 Å². The molecule has 5 heteroatoms. The Bertz CT molecular complexity index is 465. The fourth-order valence-electron chi connectivity index (χ4n) is 1.67. The molecule has 0 fully saturated rings. The lowest BCUT2D eigenvalue weighted by atomic mass is 10.0. The van der Waals surface area contributed by atoms with Gasteiger partial charge in [-0.2, -0.15) is 0 Å². The van der Waals surface area contributed by atoms with E-state index >= 15 is 0 Å². The zero-order chi connectivity index (χ0) is 13.7. The first-order valence-electron chi connectivity index (χ1n) is 5.36. The predicted molar refractivity (Wildman–Crippen MR) is 65.3 cm³/mol. The van der Waals surface area contributed by atoms with E-state index in [1.165, 1.54) is 28.3 Å². The Balaban J connectivity index is 3.41. The number of hydrogen-bond donors (Lipinski definition) is 0. The molecule has 0 spiro atoms. The van der Waals surface area contributed by atoms with Gasteiger partial charge in [-0.1, -0.05) is 0 Å². The maximum atomic E-state index is 11.7. The lowest BCUT2D eigenvalue weighted by Crippen LogP contribution is -2.11. The van der Waals surface area contributed by atoms with Crippen molar-refractivity contribution in [3.8, 4) is 11.5 Å². The molecule has 98 valence electrons. The molecule has 5 nitrogen and oxygen atoms in total. The monoisotopic (exact) mass is 252 g/mol. The van der Waals surface area contributed by atoms with Crippen LogP contribution in [0.2, 0.25) is 0 Å². The van der Waals surface area contributed by atoms with E-state index < -0.39 is 5.97 Å². The van der Waals surface area contributed by atoms with Gasteiger partial charge < -0.3 is 14.2 Å². The van der Waals surface area contributed by atoms with Crippen LogP contribution in [0.3, 0.4) is 0 Å². The SMILES string of the molecule is COC(=O)c1c(CC(C)=O)cc(OC)cc1OC. The van der Waals surface area contributed by atoms with Gasteiger partial charge in [-0.05, 0) is 18.6 Å². The molecule has 0 saturated heterocycles. The minimum atomic E-state index is -0.536. The van der Waals surface area contributed by atoms with E-state index in [0.717, 1.165) is 0 Å². The Kier molecular flexibility index (Phi) is 4.71. The lowest BCUT2D eigenvalue weighted by Gasteiger charge is -2.13. The van der Waals surface area contributed by atoms with Crippen molar-refractivity contribution in [1.29, 1.82) is 0 Å². The van der Waals surface area contributed by atoms with Crippen molar-refractivity contribution >= 4 is 11.8 Å². The molecule has 1 aromatic carbocycles. The van der Waals surface area contributed by atoms with Gasteiger partial charge in [0.15, 0.2) is 0 Å². The number of hydrogen-bond acceptors (Lipinski definition) is 5. The summed E-state index contributed by atoms with van der Waals surface area (Å²) in [7, 11) is 4.23. The smallest absolute Gasteiger partial charge is 0.341 e. The number of carbonyl (C=O) groups excluding carboxylic acids is 2. The molecule has 0 aromatic heterocycles. The van der Waals surface area contributed by atoms with E-state index in [2.05, 4.69) is 0 Å². The molecule has 0 heterocycles. The Morgan fingerprint density at radius 1 is 1.11 bits per heavy atom. The highest BCUT2D eigenvalue weighted by molar-refractivity contribution is 5.96. The molecule has 0 aliphatic rings. The average Bonchev–Trinajstić information content (AvgIpc) is 2.36. The maximum absolute atomic E-state index is 11.7. The first-order valence-corrected chi connectivity index (χ1v) is 5.36. The fraction of sp³-hybridized carbons (Fsp3) is 0.385. The standard InChI is InChI=1S/C13H16O5/c1-8(14)5-9-6-10(16-2)7-11(17-3)12(9)13(15)18-4/h6-7H,5H2,1-4H3. The van der Waals surface area contributed by atoms with Crippen LogP contribution in [0, 0.1) is 0 Å². The Labute approximate surface area is 106 Å². The van der Waals surface area contributed by atoms with Crippen molar-refractivity contribution in [3.63, 3.8) is 0 Å². The molecule has 0 aliphatic carbocycles. The van der Waals surface area contributed by atoms with Gasteiger partial charge in [0.1, 0.15) is 22.8 Å². The van der Waals surface area contributed by atoms with Crippen LogP contribution in [-0.2, 0) is 16.0 Å². The van der Waals surface area contributed by atoms with Crippen molar-refractivity contribution in [2.75, 3.05) is 21.3 Å². The number of Topliss-reactive ketones (excluding diaryl/α,β-unsaturated/α-hetero) is 1. The fourth-order valence-corrected chi connectivity index (χ4v) is 1.67. The summed E-state index contributed by atoms with van der Waals surface area (Å²) in [6, 6.07) is 3.21. The van der Waals surface area contributed by atoms with Crippen LogP contribution >= 0.6 is 0 Å². The highest BCUT2D eigenvalue weighted by Gasteiger charge is 2.20. The number of rotatable bonds is 5. The Hall–Kier alpha value is -2.04. The molecule has 0 unspecified atom stereocenters. The van der Waals surface area contributed by atoms with Crippen molar-refractivity contribution < 1.29 is 23.8 Å². The summed E-state index contributed by atoms with van der Waals surface area (Å²) >= 11 is 0. The summed E-state index contributed by atoms with van der Waals surface area (Å²) in [5.74, 6) is 0.259. The molecule has 0 N–H and O–H groups in total. The van der Waals surface area contributed by atoms with Gasteiger partial charge in [-0.3, -0.25) is 4.79 Å². The quantitative estimate of drug-likeness (QED) is 0.745. The number of ketones is 1. The van der Waals surface area contributed by atoms with E-state index in [-0.39, 0.29) is 17.8 Å². The van der Waals surface area contributed by atoms with Gasteiger partial charge in [-0.15, -0.1) is 0 Å². The van der Waals surface area contributed by atoms with E-state index in [0.29, 0.717) is 17.1 Å². The second-order valence-electron chi connectivity index (χ2n) is 3.73. The van der Waals surface area contributed by atoms with Crippen molar-refractivity contribution in [2.24, 2.45) is 0 Å². The number of ether oxygens (including phenoxy) is 3. The molecular weight excluding hydrogens is 236 g/mol. The first-order chi connectivity index (χ1) is 8.53. The van der Waals surface area contributed by atoms with Gasteiger partial charge in [0.25, 0.3) is 0 Å². The van der Waals surface area contributed by atoms with Crippen molar-refractivity contribution in [2.45, 2.75) is 13.3 Å². The predicted octanol–water partition coefficient (Wildman–Crippen LogP) is 1.62. The van der Waals surface area contributed by atoms with Crippen LogP contribution in [0.4, 0.5) is 0 Å². The molecule has 1 aromatic rings. The molecule has 0 radical (unpaired) electrons. The molecular formula is C13H16O5. The Morgan fingerprint density at radius 3 is 2.22 bits per heavy atom. The van der Waals surface area contributed by atoms with Gasteiger partial charge in [-0.25, -0.2) is 4.79 Å². The summed E-state index contributed by atoms with van der Waals surface area (Å²) in [6.07, 6.45) is 0.123. The average molecular weight is 252 g/mol. The van der Waals surface area contributed by atoms with Gasteiger partial charge >= 0.3 is 5.97 Å². The summed E-state index contributed by atoms with van der Waals surface area (Å²) < 4.78 is 14.9. The van der Waals surface area contributed by atoms with E-state index in [9.17, 15) is 9.59 Å². The summed E-state index contributed by atoms with van der Waals surface area (Å²) in [4.78, 5) is 23.0. The van der Waals surface area contributed by atoms with Crippen LogP contribution in [0.5, 0.6) is 11.5 Å². The zero-order valence-electron chi connectivity index (χ0n) is 10.9. The third-order valence-corrected chi connectivity index (χ3v) is 2.44. The van der Waals surface area contributed by atoms with Crippen LogP contribution in [0.25, 0.3) is 0 Å². The minimum Gasteiger partial charge on any atom is -0.497 e. The van der Waals surface area contributed by atoms with E-state index in [4.69, 9.17) is 14.2 Å². The second kappa shape index (κ2) is 6.05. The van der Waals surface area contributed by atoms with E-state index in [1.807, 2.05) is 0 Å². The maximum Gasteiger partial charge on any atom is 0.341 e. The summed E-state index contributed by atoms with van der Waals surface area (Å²) in [5.41, 5.74) is 0.793. The highest BCUT2D eigenvalue weighted by atomic mass is 16.5. The lowest BCUT2D eigenvalue weighted by molar-refractivity contribution is -0.116. The molecule has 0 bridgehead atoms. The zero-order valence-corrected chi connectivity index (χ0v) is 10.9. The first kappa shape index (κ1) is 14.0.